The summed E-state index contributed by atoms with van der Waals surface area (Å²) in [5.74, 6) is -0.848. The van der Waals surface area contributed by atoms with E-state index in [1.807, 2.05) is 0 Å². The lowest BCUT2D eigenvalue weighted by molar-refractivity contribution is -0.122. The van der Waals surface area contributed by atoms with E-state index >= 15 is 0 Å². The summed E-state index contributed by atoms with van der Waals surface area (Å²) < 4.78 is 0. The molecule has 0 radical (unpaired) electrons. The number of pyridine rings is 1. The smallest absolute Gasteiger partial charge is 0.257 e. The number of hydrogen-bond donors (Lipinski definition) is 3. The highest BCUT2D eigenvalue weighted by Crippen LogP contribution is 1.90. The van der Waals surface area contributed by atoms with Crippen LogP contribution in [0.25, 0.3) is 0 Å². The molecule has 92 valence electrons. The van der Waals surface area contributed by atoms with Gasteiger partial charge in [0.1, 0.15) is 11.6 Å². The predicted molar refractivity (Wildman–Crippen MR) is 62.7 cm³/mol. The third-order valence-corrected chi connectivity index (χ3v) is 2.16. The Labute approximate surface area is 98.4 Å². The summed E-state index contributed by atoms with van der Waals surface area (Å²) in [7, 11) is 0. The summed E-state index contributed by atoms with van der Waals surface area (Å²) in [4.78, 5) is 37.1. The van der Waals surface area contributed by atoms with E-state index in [-0.39, 0.29) is 16.9 Å². The molecule has 0 aliphatic heterocycles. The van der Waals surface area contributed by atoms with Crippen molar-refractivity contribution in [3.63, 3.8) is 0 Å². The maximum absolute atomic E-state index is 11.7. The van der Waals surface area contributed by atoms with E-state index in [0.717, 1.165) is 0 Å². The molecule has 2 amide bonds. The predicted octanol–water partition coefficient (Wildman–Crippen LogP) is -0.371. The van der Waals surface area contributed by atoms with Crippen LogP contribution in [0.1, 0.15) is 24.2 Å². The molecular weight excluding hydrogens is 222 g/mol. The van der Waals surface area contributed by atoms with Crippen LogP contribution in [0.2, 0.25) is 0 Å². The molecule has 1 unspecified atom stereocenters. The first-order valence-corrected chi connectivity index (χ1v) is 5.32. The maximum atomic E-state index is 11.7. The van der Waals surface area contributed by atoms with Gasteiger partial charge in [0.2, 0.25) is 5.91 Å². The second-order valence-electron chi connectivity index (χ2n) is 3.51. The molecule has 1 rings (SSSR count). The number of aromatic nitrogens is 1. The number of H-pyrrole nitrogens is 1. The summed E-state index contributed by atoms with van der Waals surface area (Å²) in [5.41, 5.74) is -0.395. The van der Waals surface area contributed by atoms with Gasteiger partial charge in [-0.1, -0.05) is 0 Å². The lowest BCUT2D eigenvalue weighted by Gasteiger charge is -2.12. The molecule has 0 bridgehead atoms. The average Bonchev–Trinajstić information content (AvgIpc) is 2.29. The lowest BCUT2D eigenvalue weighted by atomic mass is 10.2. The van der Waals surface area contributed by atoms with E-state index in [1.54, 1.807) is 13.8 Å². The van der Waals surface area contributed by atoms with Crippen molar-refractivity contribution in [2.24, 2.45) is 0 Å². The van der Waals surface area contributed by atoms with Crippen molar-refractivity contribution in [3.8, 4) is 0 Å². The zero-order valence-corrected chi connectivity index (χ0v) is 9.74. The highest BCUT2D eigenvalue weighted by atomic mass is 16.2. The molecule has 6 nitrogen and oxygen atoms in total. The minimum Gasteiger partial charge on any atom is -0.367 e. The third-order valence-electron chi connectivity index (χ3n) is 2.16. The normalized spacial score (nSPS) is 11.6. The topological polar surface area (TPSA) is 91.1 Å². The number of amides is 2. The maximum Gasteiger partial charge on any atom is 0.257 e. The molecule has 0 fully saturated rings. The van der Waals surface area contributed by atoms with Crippen LogP contribution in [-0.2, 0) is 4.79 Å². The van der Waals surface area contributed by atoms with Gasteiger partial charge in [-0.15, -0.1) is 0 Å². The van der Waals surface area contributed by atoms with Gasteiger partial charge in [0.25, 0.3) is 5.91 Å². The summed E-state index contributed by atoms with van der Waals surface area (Å²) in [6.07, 6.45) is 2.74. The molecule has 1 aromatic heterocycles. The summed E-state index contributed by atoms with van der Waals surface area (Å²) in [6.45, 7) is 3.83. The minimum atomic E-state index is -0.679. The summed E-state index contributed by atoms with van der Waals surface area (Å²) in [6, 6.07) is 0.577. The molecule has 3 N–H and O–H groups in total. The van der Waals surface area contributed by atoms with Crippen LogP contribution in [-0.4, -0.2) is 29.4 Å². The number of likely N-dealkylation sites (N-methyl/N-ethyl adjacent to an activating group) is 1. The monoisotopic (exact) mass is 237 g/mol. The molecule has 0 aliphatic rings. The van der Waals surface area contributed by atoms with Crippen molar-refractivity contribution in [2.45, 2.75) is 19.9 Å². The van der Waals surface area contributed by atoms with Gasteiger partial charge in [0, 0.05) is 25.0 Å². The van der Waals surface area contributed by atoms with Gasteiger partial charge in [0.15, 0.2) is 5.43 Å². The number of carbonyl (C=O) groups excluding carboxylic acids is 2. The van der Waals surface area contributed by atoms with Gasteiger partial charge in [-0.2, -0.15) is 0 Å². The van der Waals surface area contributed by atoms with Crippen LogP contribution >= 0.6 is 0 Å². The van der Waals surface area contributed by atoms with E-state index in [1.165, 1.54) is 18.5 Å². The van der Waals surface area contributed by atoms with Gasteiger partial charge in [-0.05, 0) is 13.8 Å². The van der Waals surface area contributed by atoms with Crippen molar-refractivity contribution in [1.29, 1.82) is 0 Å². The Hall–Kier alpha value is -2.11. The Morgan fingerprint density at radius 1 is 1.47 bits per heavy atom. The Bertz CT molecular complexity index is 467. The molecular formula is C11H15N3O3. The number of nitrogens with one attached hydrogen (secondary N) is 3. The molecule has 0 spiro atoms. The van der Waals surface area contributed by atoms with E-state index in [9.17, 15) is 14.4 Å². The molecule has 1 atom stereocenters. The van der Waals surface area contributed by atoms with Crippen LogP contribution in [0.3, 0.4) is 0 Å². The SMILES string of the molecule is CCNC(=O)C(C)NC(=O)c1c[nH]ccc1=O. The Kier molecular flexibility index (Phi) is 4.45. The molecule has 0 aliphatic carbocycles. The van der Waals surface area contributed by atoms with E-state index < -0.39 is 11.9 Å². The van der Waals surface area contributed by atoms with Gasteiger partial charge in [-0.3, -0.25) is 14.4 Å². The zero-order valence-electron chi connectivity index (χ0n) is 9.74. The fourth-order valence-electron chi connectivity index (χ4n) is 1.26. The molecule has 0 saturated heterocycles. The van der Waals surface area contributed by atoms with Crippen molar-refractivity contribution in [1.82, 2.24) is 15.6 Å². The molecule has 1 aromatic rings. The number of aromatic amines is 1. The largest absolute Gasteiger partial charge is 0.367 e. The van der Waals surface area contributed by atoms with Crippen molar-refractivity contribution >= 4 is 11.8 Å². The van der Waals surface area contributed by atoms with Crippen molar-refractivity contribution < 1.29 is 9.59 Å². The van der Waals surface area contributed by atoms with Crippen molar-refractivity contribution in [2.75, 3.05) is 6.54 Å². The molecule has 1 heterocycles. The Balaban J connectivity index is 2.70. The fourth-order valence-corrected chi connectivity index (χ4v) is 1.26. The van der Waals surface area contributed by atoms with Crippen LogP contribution in [0.15, 0.2) is 23.3 Å². The van der Waals surface area contributed by atoms with Gasteiger partial charge in [-0.25, -0.2) is 0 Å². The van der Waals surface area contributed by atoms with Gasteiger partial charge < -0.3 is 15.6 Å². The average molecular weight is 237 g/mol. The standard InChI is InChI=1S/C11H15N3O3/c1-3-13-10(16)7(2)14-11(17)8-6-12-5-4-9(8)15/h4-7H,3H2,1-2H3,(H,12,15)(H,13,16)(H,14,17). The first kappa shape index (κ1) is 13.0. The number of rotatable bonds is 4. The van der Waals surface area contributed by atoms with Crippen LogP contribution < -0.4 is 16.1 Å². The first-order valence-electron chi connectivity index (χ1n) is 5.32. The quantitative estimate of drug-likeness (QED) is 0.667. The summed E-state index contributed by atoms with van der Waals surface area (Å²) >= 11 is 0. The van der Waals surface area contributed by atoms with E-state index in [4.69, 9.17) is 0 Å². The van der Waals surface area contributed by atoms with Crippen LogP contribution in [0.4, 0.5) is 0 Å². The van der Waals surface area contributed by atoms with E-state index in [2.05, 4.69) is 15.6 Å². The van der Waals surface area contributed by atoms with Crippen LogP contribution in [0, 0.1) is 0 Å². The lowest BCUT2D eigenvalue weighted by Crippen LogP contribution is -2.45. The highest BCUT2D eigenvalue weighted by Gasteiger charge is 2.17. The third kappa shape index (κ3) is 3.44. The van der Waals surface area contributed by atoms with Crippen LogP contribution in [0.5, 0.6) is 0 Å². The molecule has 17 heavy (non-hydrogen) atoms. The molecule has 6 heteroatoms. The number of carbonyl (C=O) groups is 2. The number of hydrogen-bond acceptors (Lipinski definition) is 3. The zero-order chi connectivity index (χ0) is 12.8. The Morgan fingerprint density at radius 2 is 2.18 bits per heavy atom. The van der Waals surface area contributed by atoms with E-state index in [0.29, 0.717) is 6.54 Å². The molecule has 0 saturated carbocycles. The Morgan fingerprint density at radius 3 is 2.76 bits per heavy atom. The second-order valence-corrected chi connectivity index (χ2v) is 3.51. The first-order chi connectivity index (χ1) is 8.06. The van der Waals surface area contributed by atoms with Crippen molar-refractivity contribution in [3.05, 3.63) is 34.2 Å². The fraction of sp³-hybridized carbons (Fsp3) is 0.364. The highest BCUT2D eigenvalue weighted by molar-refractivity contribution is 5.97. The second kappa shape index (κ2) is 5.83. The van der Waals surface area contributed by atoms with Gasteiger partial charge in [0.05, 0.1) is 0 Å². The molecule has 0 aromatic carbocycles. The minimum absolute atomic E-state index is 0.0105. The van der Waals surface area contributed by atoms with Gasteiger partial charge >= 0.3 is 0 Å². The summed E-state index contributed by atoms with van der Waals surface area (Å²) in [5, 5.41) is 5.03.